The van der Waals surface area contributed by atoms with Crippen LogP contribution in [0.1, 0.15) is 142 Å². The highest BCUT2D eigenvalue weighted by atomic mass is 15.1. The first kappa shape index (κ1) is 41.7. The lowest BCUT2D eigenvalue weighted by molar-refractivity contribution is -0.00518. The van der Waals surface area contributed by atoms with E-state index in [2.05, 4.69) is 209 Å². The summed E-state index contributed by atoms with van der Waals surface area (Å²) in [6.07, 6.45) is 13.6. The SMILES string of the molecule is CC(C)C1CCCCC1(c1ccc(C(c2ccccc2)c2ccccc2)cc1)c1ccc(N(c2ccc(C34CC5CC(CC(C5)C3)C4)cc2)c2ccc3c(c2)C(C)(C)c2ccccc2-3)cc1. The van der Waals surface area contributed by atoms with Crippen LogP contribution in [0, 0.1) is 29.6 Å². The predicted octanol–water partition coefficient (Wildman–Crippen LogP) is 17.2. The zero-order chi connectivity index (χ0) is 44.6. The van der Waals surface area contributed by atoms with Gasteiger partial charge in [0.25, 0.3) is 0 Å². The maximum Gasteiger partial charge on any atom is 0.0465 e. The van der Waals surface area contributed by atoms with E-state index in [1.807, 2.05) is 0 Å². The normalized spacial score (nSPS) is 25.8. The molecule has 5 fully saturated rings. The van der Waals surface area contributed by atoms with Crippen molar-refractivity contribution in [3.05, 3.63) is 220 Å². The van der Waals surface area contributed by atoms with Crippen LogP contribution in [0.25, 0.3) is 11.1 Å². The molecule has 13 rings (SSSR count). The molecule has 0 heterocycles. The Balaban J connectivity index is 0.945. The summed E-state index contributed by atoms with van der Waals surface area (Å²) in [6, 6.07) is 68.3. The van der Waals surface area contributed by atoms with Gasteiger partial charge in [-0.2, -0.15) is 0 Å². The lowest BCUT2D eigenvalue weighted by Crippen LogP contribution is -2.48. The minimum Gasteiger partial charge on any atom is -0.310 e. The first-order chi connectivity index (χ1) is 32.2. The van der Waals surface area contributed by atoms with Gasteiger partial charge in [0.1, 0.15) is 0 Å². The zero-order valence-electron chi connectivity index (χ0n) is 39.7. The molecule has 0 amide bonds. The second-order valence-electron chi connectivity index (χ2n) is 22.5. The molecule has 0 aliphatic heterocycles. The molecular weight excluding hydrogens is 795 g/mol. The summed E-state index contributed by atoms with van der Waals surface area (Å²) >= 11 is 0. The van der Waals surface area contributed by atoms with Crippen LogP contribution < -0.4 is 4.90 Å². The highest BCUT2D eigenvalue weighted by Crippen LogP contribution is 2.61. The van der Waals surface area contributed by atoms with Crippen LogP contribution >= 0.6 is 0 Å². The van der Waals surface area contributed by atoms with E-state index in [0.717, 1.165) is 17.8 Å². The fourth-order valence-corrected chi connectivity index (χ4v) is 15.4. The first-order valence-electron chi connectivity index (χ1n) is 25.7. The summed E-state index contributed by atoms with van der Waals surface area (Å²) in [5, 5.41) is 0. The molecule has 7 aromatic carbocycles. The smallest absolute Gasteiger partial charge is 0.0465 e. The van der Waals surface area contributed by atoms with Gasteiger partial charge < -0.3 is 4.90 Å². The van der Waals surface area contributed by atoms with Gasteiger partial charge in [0.05, 0.1) is 0 Å². The Morgan fingerprint density at radius 2 is 0.955 bits per heavy atom. The average Bonchev–Trinajstić information content (AvgIpc) is 3.57. The zero-order valence-corrected chi connectivity index (χ0v) is 39.7. The Labute approximate surface area is 395 Å². The van der Waals surface area contributed by atoms with Gasteiger partial charge in [-0.3, -0.25) is 0 Å². The summed E-state index contributed by atoms with van der Waals surface area (Å²) in [4.78, 5) is 2.56. The van der Waals surface area contributed by atoms with Gasteiger partial charge in [-0.1, -0.05) is 180 Å². The van der Waals surface area contributed by atoms with Crippen LogP contribution in [0.3, 0.4) is 0 Å². The maximum absolute atomic E-state index is 2.56. The van der Waals surface area contributed by atoms with Crippen molar-refractivity contribution in [2.75, 3.05) is 4.90 Å². The van der Waals surface area contributed by atoms with E-state index < -0.39 is 0 Å². The van der Waals surface area contributed by atoms with E-state index in [-0.39, 0.29) is 16.7 Å². The third kappa shape index (κ3) is 6.85. The number of nitrogens with zero attached hydrogens (tertiary/aromatic N) is 1. The van der Waals surface area contributed by atoms with Crippen molar-refractivity contribution >= 4 is 17.1 Å². The lowest BCUT2D eigenvalue weighted by atomic mass is 9.48. The molecule has 6 aliphatic carbocycles. The second-order valence-corrected chi connectivity index (χ2v) is 22.5. The molecule has 6 aliphatic rings. The van der Waals surface area contributed by atoms with E-state index in [9.17, 15) is 0 Å². The van der Waals surface area contributed by atoms with Crippen molar-refractivity contribution in [3.8, 4) is 11.1 Å². The molecule has 0 saturated heterocycles. The van der Waals surface area contributed by atoms with Gasteiger partial charge in [-0.05, 0) is 178 Å². The highest BCUT2D eigenvalue weighted by molar-refractivity contribution is 5.85. The third-order valence-electron chi connectivity index (χ3n) is 18.0. The van der Waals surface area contributed by atoms with Gasteiger partial charge in [0, 0.05) is 33.8 Å². The minimum absolute atomic E-state index is 0.0633. The monoisotopic (exact) mass is 862 g/mol. The Hall–Kier alpha value is -5.66. The molecule has 0 N–H and O–H groups in total. The van der Waals surface area contributed by atoms with E-state index in [1.54, 1.807) is 5.56 Å². The van der Waals surface area contributed by atoms with E-state index in [0.29, 0.717) is 17.3 Å². The quantitative estimate of drug-likeness (QED) is 0.124. The van der Waals surface area contributed by atoms with Crippen LogP contribution in [-0.2, 0) is 16.2 Å². The highest BCUT2D eigenvalue weighted by Gasteiger charge is 2.52. The minimum atomic E-state index is -0.0726. The van der Waals surface area contributed by atoms with Crippen LogP contribution in [-0.4, -0.2) is 0 Å². The number of rotatable bonds is 10. The van der Waals surface area contributed by atoms with E-state index in [1.165, 1.54) is 131 Å². The summed E-state index contributed by atoms with van der Waals surface area (Å²) < 4.78 is 0. The van der Waals surface area contributed by atoms with Crippen molar-refractivity contribution in [1.29, 1.82) is 0 Å². The fraction of sp³-hybridized carbons (Fsp3) is 0.354. The van der Waals surface area contributed by atoms with Crippen molar-refractivity contribution < 1.29 is 0 Å². The number of fused-ring (bicyclic) bond motifs is 3. The topological polar surface area (TPSA) is 3.24 Å². The molecule has 0 radical (unpaired) electrons. The Morgan fingerprint density at radius 1 is 0.470 bits per heavy atom. The number of benzene rings is 7. The molecule has 7 aromatic rings. The lowest BCUT2D eigenvalue weighted by Gasteiger charge is -2.57. The summed E-state index contributed by atoms with van der Waals surface area (Å²) in [6.45, 7) is 9.75. The van der Waals surface area contributed by atoms with E-state index in [4.69, 9.17) is 0 Å². The molecule has 332 valence electrons. The third-order valence-corrected chi connectivity index (χ3v) is 18.0. The maximum atomic E-state index is 2.56. The number of anilines is 3. The molecule has 0 spiro atoms. The van der Waals surface area contributed by atoms with Gasteiger partial charge in [-0.25, -0.2) is 0 Å². The standard InChI is InChI=1S/C65H67N/c1-44(2)59-20-13-14-36-65(59,52-24-22-50(23-25-52)62(48-15-7-5-8-16-48)49-17-9-6-10-18-49)53-28-32-55(33-29-53)66(56-34-35-58-57-19-11-12-21-60(57)63(3,4)61(58)40-56)54-30-26-51(27-31-54)64-41-45-37-46(42-64)39-47(38-45)43-64/h5-12,15-19,21-35,40,44-47,59,62H,13-14,20,36-39,41-43H2,1-4H3. The molecule has 1 nitrogen and oxygen atoms in total. The average molecular weight is 862 g/mol. The van der Waals surface area contributed by atoms with Crippen LogP contribution in [0.15, 0.2) is 176 Å². The molecule has 2 unspecified atom stereocenters. The van der Waals surface area contributed by atoms with Gasteiger partial charge >= 0.3 is 0 Å². The first-order valence-corrected chi connectivity index (χ1v) is 25.7. The molecule has 2 atom stereocenters. The van der Waals surface area contributed by atoms with Gasteiger partial charge in [0.15, 0.2) is 0 Å². The van der Waals surface area contributed by atoms with Crippen LogP contribution in [0.5, 0.6) is 0 Å². The number of hydrogen-bond donors (Lipinski definition) is 0. The number of hydrogen-bond acceptors (Lipinski definition) is 1. The summed E-state index contributed by atoms with van der Waals surface area (Å²) in [5.74, 6) is 4.11. The van der Waals surface area contributed by atoms with Crippen molar-refractivity contribution in [3.63, 3.8) is 0 Å². The molecule has 66 heavy (non-hydrogen) atoms. The summed E-state index contributed by atoms with van der Waals surface area (Å²) in [5.41, 5.74) is 18.1. The Kier molecular flexibility index (Phi) is 10.3. The molecule has 5 saturated carbocycles. The van der Waals surface area contributed by atoms with Crippen molar-refractivity contribution in [2.24, 2.45) is 29.6 Å². The van der Waals surface area contributed by atoms with E-state index >= 15 is 0 Å². The van der Waals surface area contributed by atoms with Crippen molar-refractivity contribution in [2.45, 2.75) is 114 Å². The largest absolute Gasteiger partial charge is 0.310 e. The Morgan fingerprint density at radius 3 is 1.53 bits per heavy atom. The Bertz CT molecular complexity index is 2760. The van der Waals surface area contributed by atoms with Gasteiger partial charge in [0.2, 0.25) is 0 Å². The molecule has 4 bridgehead atoms. The van der Waals surface area contributed by atoms with Crippen LogP contribution in [0.2, 0.25) is 0 Å². The second kappa shape index (κ2) is 16.3. The molecular formula is C65H67N. The van der Waals surface area contributed by atoms with Crippen LogP contribution in [0.4, 0.5) is 17.1 Å². The molecule has 1 heteroatoms. The van der Waals surface area contributed by atoms with Gasteiger partial charge in [-0.15, -0.1) is 0 Å². The fourth-order valence-electron chi connectivity index (χ4n) is 15.4. The summed E-state index contributed by atoms with van der Waals surface area (Å²) in [7, 11) is 0. The van der Waals surface area contributed by atoms with Crippen molar-refractivity contribution in [1.82, 2.24) is 0 Å². The predicted molar refractivity (Wildman–Crippen MR) is 276 cm³/mol. The molecule has 0 aromatic heterocycles.